The predicted molar refractivity (Wildman–Crippen MR) is 116 cm³/mol. The van der Waals surface area contributed by atoms with E-state index in [1.54, 1.807) is 44.2 Å². The van der Waals surface area contributed by atoms with Gasteiger partial charge in [-0.05, 0) is 49.7 Å². The van der Waals surface area contributed by atoms with Crippen LogP contribution in [0.4, 0.5) is 5.69 Å². The lowest BCUT2D eigenvalue weighted by atomic mass is 10.1. The number of benzene rings is 2. The van der Waals surface area contributed by atoms with Gasteiger partial charge >= 0.3 is 0 Å². The molecule has 30 heavy (non-hydrogen) atoms. The monoisotopic (exact) mass is 451 g/mol. The van der Waals surface area contributed by atoms with Crippen LogP contribution in [0.2, 0.25) is 5.02 Å². The van der Waals surface area contributed by atoms with E-state index in [0.717, 1.165) is 16.1 Å². The van der Waals surface area contributed by atoms with Crippen LogP contribution in [0, 0.1) is 6.92 Å². The highest BCUT2D eigenvalue weighted by atomic mass is 35.5. The topological polar surface area (TPSA) is 97.3 Å². The molecule has 1 heterocycles. The second-order valence-corrected chi connectivity index (χ2v) is 9.13. The fourth-order valence-electron chi connectivity index (χ4n) is 2.88. The van der Waals surface area contributed by atoms with Gasteiger partial charge in [0.1, 0.15) is 19.8 Å². The zero-order valence-corrected chi connectivity index (χ0v) is 18.4. The summed E-state index contributed by atoms with van der Waals surface area (Å²) in [7, 11) is -3.72. The molecule has 1 aliphatic heterocycles. The molecule has 1 amide bonds. The molecule has 0 unspecified atom stereocenters. The van der Waals surface area contributed by atoms with E-state index < -0.39 is 22.5 Å². The highest BCUT2D eigenvalue weighted by molar-refractivity contribution is 7.92. The largest absolute Gasteiger partial charge is 0.486 e. The van der Waals surface area contributed by atoms with Gasteiger partial charge in [-0.2, -0.15) is 5.10 Å². The summed E-state index contributed by atoms with van der Waals surface area (Å²) < 4.78 is 36.6. The lowest BCUT2D eigenvalue weighted by molar-refractivity contribution is -0.119. The van der Waals surface area contributed by atoms with Gasteiger partial charge in [-0.25, -0.2) is 13.8 Å². The fourth-order valence-corrected chi connectivity index (χ4v) is 3.95. The molecule has 2 aromatic carbocycles. The number of rotatable bonds is 6. The Hall–Kier alpha value is -2.78. The zero-order chi connectivity index (χ0) is 21.9. The predicted octanol–water partition coefficient (Wildman–Crippen LogP) is 2.73. The van der Waals surface area contributed by atoms with E-state index in [2.05, 4.69) is 10.5 Å². The molecule has 3 rings (SSSR count). The van der Waals surface area contributed by atoms with Gasteiger partial charge < -0.3 is 9.47 Å². The van der Waals surface area contributed by atoms with E-state index in [1.165, 1.54) is 6.07 Å². The van der Waals surface area contributed by atoms with Gasteiger partial charge in [0, 0.05) is 10.6 Å². The summed E-state index contributed by atoms with van der Waals surface area (Å²) in [5.74, 6) is 0.679. The van der Waals surface area contributed by atoms with Crippen LogP contribution in [0.3, 0.4) is 0 Å². The van der Waals surface area contributed by atoms with Gasteiger partial charge in [0.15, 0.2) is 11.5 Å². The number of amides is 1. The molecule has 0 aliphatic carbocycles. The van der Waals surface area contributed by atoms with Crippen molar-refractivity contribution in [2.24, 2.45) is 5.10 Å². The van der Waals surface area contributed by atoms with Crippen LogP contribution in [0.25, 0.3) is 0 Å². The number of carbonyl (C=O) groups is 1. The molecule has 0 fully saturated rings. The van der Waals surface area contributed by atoms with Crippen LogP contribution in [-0.2, 0) is 14.8 Å². The molecular weight excluding hydrogens is 430 g/mol. The maximum Gasteiger partial charge on any atom is 0.260 e. The minimum atomic E-state index is -3.72. The number of hydrogen-bond acceptors (Lipinski definition) is 6. The number of anilines is 1. The number of sulfonamides is 1. The molecule has 8 nitrogen and oxygen atoms in total. The van der Waals surface area contributed by atoms with Gasteiger partial charge in [-0.3, -0.25) is 9.10 Å². The Balaban J connectivity index is 1.75. The summed E-state index contributed by atoms with van der Waals surface area (Å²) in [5.41, 5.74) is 4.69. The molecule has 0 radical (unpaired) electrons. The normalized spacial score (nSPS) is 13.7. The summed E-state index contributed by atoms with van der Waals surface area (Å²) in [6, 6.07) is 10.2. The summed E-state index contributed by atoms with van der Waals surface area (Å²) in [4.78, 5) is 12.4. The first-order valence-corrected chi connectivity index (χ1v) is 11.3. The van der Waals surface area contributed by atoms with Crippen molar-refractivity contribution in [2.75, 3.05) is 30.3 Å². The summed E-state index contributed by atoms with van der Waals surface area (Å²) in [6.07, 6.45) is 1.03. The highest BCUT2D eigenvalue weighted by Crippen LogP contribution is 2.31. The van der Waals surface area contributed by atoms with Crippen molar-refractivity contribution in [2.45, 2.75) is 13.8 Å². The number of ether oxygens (including phenoxy) is 2. The minimum absolute atomic E-state index is 0.340. The number of hydrogen-bond donors (Lipinski definition) is 1. The van der Waals surface area contributed by atoms with Crippen LogP contribution in [0.1, 0.15) is 18.1 Å². The van der Waals surface area contributed by atoms with E-state index in [-0.39, 0.29) is 0 Å². The van der Waals surface area contributed by atoms with Gasteiger partial charge in [0.05, 0.1) is 17.7 Å². The van der Waals surface area contributed by atoms with Crippen LogP contribution in [0.5, 0.6) is 11.5 Å². The van der Waals surface area contributed by atoms with Crippen LogP contribution in [-0.4, -0.2) is 46.1 Å². The second-order valence-electron chi connectivity index (χ2n) is 6.79. The van der Waals surface area contributed by atoms with Gasteiger partial charge in [-0.15, -0.1) is 0 Å². The Morgan fingerprint density at radius 1 is 1.17 bits per heavy atom. The number of nitrogens with zero attached hydrogens (tertiary/aromatic N) is 2. The lowest BCUT2D eigenvalue weighted by Gasteiger charge is -2.23. The Labute approximate surface area is 180 Å². The van der Waals surface area contributed by atoms with Crippen molar-refractivity contribution >= 4 is 38.9 Å². The van der Waals surface area contributed by atoms with Crippen LogP contribution < -0.4 is 19.2 Å². The van der Waals surface area contributed by atoms with Gasteiger partial charge in [0.25, 0.3) is 5.91 Å². The van der Waals surface area contributed by atoms with E-state index in [1.807, 2.05) is 0 Å². The average molecular weight is 452 g/mol. The Bertz CT molecular complexity index is 1100. The molecule has 2 aromatic rings. The third-order valence-corrected chi connectivity index (χ3v) is 5.80. The zero-order valence-electron chi connectivity index (χ0n) is 16.8. The highest BCUT2D eigenvalue weighted by Gasteiger charge is 2.22. The van der Waals surface area contributed by atoms with Crippen LogP contribution in [0.15, 0.2) is 41.5 Å². The number of nitrogens with one attached hydrogen (secondary N) is 1. The lowest BCUT2D eigenvalue weighted by Crippen LogP contribution is -2.39. The van der Waals surface area contributed by atoms with Crippen molar-refractivity contribution in [1.29, 1.82) is 0 Å². The van der Waals surface area contributed by atoms with Crippen molar-refractivity contribution < 1.29 is 22.7 Å². The van der Waals surface area contributed by atoms with E-state index in [0.29, 0.717) is 46.7 Å². The van der Waals surface area contributed by atoms with E-state index >= 15 is 0 Å². The van der Waals surface area contributed by atoms with Crippen molar-refractivity contribution in [1.82, 2.24) is 5.43 Å². The van der Waals surface area contributed by atoms with E-state index in [4.69, 9.17) is 21.1 Å². The summed E-state index contributed by atoms with van der Waals surface area (Å²) >= 11 is 6.01. The molecule has 1 N–H and O–H groups in total. The third-order valence-electron chi connectivity index (χ3n) is 4.44. The fraction of sp³-hybridized carbons (Fsp3) is 0.300. The molecule has 0 spiro atoms. The smallest absolute Gasteiger partial charge is 0.260 e. The molecule has 0 aromatic heterocycles. The first kappa shape index (κ1) is 21.9. The molecular formula is C20H22ClN3O5S. The van der Waals surface area contributed by atoms with Crippen molar-refractivity contribution in [3.05, 3.63) is 52.5 Å². The minimum Gasteiger partial charge on any atom is -0.486 e. The maximum atomic E-state index is 12.4. The van der Waals surface area contributed by atoms with Gasteiger partial charge in [-0.1, -0.05) is 17.7 Å². The summed E-state index contributed by atoms with van der Waals surface area (Å²) in [6.45, 7) is 4.00. The molecule has 0 bridgehead atoms. The third kappa shape index (κ3) is 5.22. The van der Waals surface area contributed by atoms with Crippen molar-refractivity contribution in [3.63, 3.8) is 0 Å². The number of halogens is 1. The molecule has 0 saturated heterocycles. The first-order valence-electron chi connectivity index (χ1n) is 9.12. The second kappa shape index (κ2) is 8.93. The Morgan fingerprint density at radius 3 is 2.57 bits per heavy atom. The SMILES string of the molecule is C/C(=N/NC(=O)CN(c1cc(Cl)ccc1C)S(C)(=O)=O)c1ccc2c(c1)OCCO2. The molecule has 0 saturated carbocycles. The number of fused-ring (bicyclic) bond motifs is 1. The molecule has 1 aliphatic rings. The summed E-state index contributed by atoms with van der Waals surface area (Å²) in [5, 5.41) is 4.46. The van der Waals surface area contributed by atoms with Crippen LogP contribution >= 0.6 is 11.6 Å². The quantitative estimate of drug-likeness (QED) is 0.538. The maximum absolute atomic E-state index is 12.4. The Morgan fingerprint density at radius 2 is 1.87 bits per heavy atom. The van der Waals surface area contributed by atoms with Gasteiger partial charge in [0.2, 0.25) is 10.0 Å². The number of hydrazone groups is 1. The average Bonchev–Trinajstić information content (AvgIpc) is 2.71. The molecule has 0 atom stereocenters. The first-order chi connectivity index (χ1) is 14.1. The van der Waals surface area contributed by atoms with Crippen molar-refractivity contribution in [3.8, 4) is 11.5 Å². The van der Waals surface area contributed by atoms with E-state index in [9.17, 15) is 13.2 Å². The molecule has 160 valence electrons. The molecule has 10 heteroatoms. The standard InChI is InChI=1S/C20H22ClN3O5S/c1-13-4-6-16(21)11-17(13)24(30(3,26)27)12-20(25)23-22-14(2)15-5-7-18-19(10-15)29-9-8-28-18/h4-7,10-11H,8-9,12H2,1-3H3,(H,23,25)/b22-14-. The Kier molecular flexibility index (Phi) is 6.52. The number of aryl methyl sites for hydroxylation is 1. The number of carbonyl (C=O) groups excluding carboxylic acids is 1.